The van der Waals surface area contributed by atoms with Gasteiger partial charge < -0.3 is 4.90 Å². The number of hydrogen-bond acceptors (Lipinski definition) is 4. The predicted molar refractivity (Wildman–Crippen MR) is 111 cm³/mol. The second-order valence-corrected chi connectivity index (χ2v) is 9.77. The van der Waals surface area contributed by atoms with Crippen molar-refractivity contribution in [3.05, 3.63) is 47.5 Å². The van der Waals surface area contributed by atoms with Gasteiger partial charge in [-0.25, -0.2) is 8.42 Å². The smallest absolute Gasteiger partial charge is 0.261 e. The molecule has 2 aromatic carbocycles. The van der Waals surface area contributed by atoms with Crippen LogP contribution in [-0.4, -0.2) is 26.6 Å². The Balaban J connectivity index is 2.02. The van der Waals surface area contributed by atoms with Crippen LogP contribution in [0, 0.1) is 6.92 Å². The second kappa shape index (κ2) is 7.56. The standard InChI is InChI=1S/C20H24N2O3S2/c1-13(2)17-7-5-6-14(3)20(17)21-27(24,25)16-8-9-19-18(12-16)22(15(4)23)10-11-26-19/h5-9,12-13,21H,10-11H2,1-4H3. The van der Waals surface area contributed by atoms with Crippen LogP contribution in [-0.2, 0) is 14.8 Å². The van der Waals surface area contributed by atoms with Crippen molar-refractivity contribution >= 4 is 39.1 Å². The lowest BCUT2D eigenvalue weighted by Gasteiger charge is -2.28. The molecule has 27 heavy (non-hydrogen) atoms. The quantitative estimate of drug-likeness (QED) is 0.821. The molecule has 0 aromatic heterocycles. The molecule has 7 heteroatoms. The summed E-state index contributed by atoms with van der Waals surface area (Å²) in [5.41, 5.74) is 3.12. The maximum atomic E-state index is 13.1. The fourth-order valence-corrected chi connectivity index (χ4v) is 5.35. The van der Waals surface area contributed by atoms with Gasteiger partial charge in [-0.05, 0) is 42.2 Å². The zero-order valence-corrected chi connectivity index (χ0v) is 17.6. The first-order valence-corrected chi connectivity index (χ1v) is 11.3. The van der Waals surface area contributed by atoms with E-state index < -0.39 is 10.0 Å². The van der Waals surface area contributed by atoms with Crippen molar-refractivity contribution < 1.29 is 13.2 Å². The van der Waals surface area contributed by atoms with Gasteiger partial charge in [-0.1, -0.05) is 32.0 Å². The fraction of sp³-hybridized carbons (Fsp3) is 0.350. The largest absolute Gasteiger partial charge is 0.311 e. The zero-order valence-electron chi connectivity index (χ0n) is 15.9. The van der Waals surface area contributed by atoms with Gasteiger partial charge in [0.1, 0.15) is 0 Å². The Bertz CT molecular complexity index is 985. The van der Waals surface area contributed by atoms with Gasteiger partial charge in [0.25, 0.3) is 10.0 Å². The molecule has 3 rings (SSSR count). The minimum Gasteiger partial charge on any atom is -0.311 e. The van der Waals surface area contributed by atoms with Crippen LogP contribution >= 0.6 is 11.8 Å². The summed E-state index contributed by atoms with van der Waals surface area (Å²) in [4.78, 5) is 14.7. The number of carbonyl (C=O) groups is 1. The van der Waals surface area contributed by atoms with E-state index >= 15 is 0 Å². The first kappa shape index (κ1) is 19.8. The van der Waals surface area contributed by atoms with Gasteiger partial charge in [-0.3, -0.25) is 9.52 Å². The minimum atomic E-state index is -3.77. The molecule has 1 amide bonds. The van der Waals surface area contributed by atoms with E-state index in [1.807, 2.05) is 39.0 Å². The number of anilines is 2. The van der Waals surface area contributed by atoms with E-state index in [4.69, 9.17) is 0 Å². The van der Waals surface area contributed by atoms with Gasteiger partial charge in [0.2, 0.25) is 5.91 Å². The molecule has 1 aliphatic heterocycles. The molecule has 0 bridgehead atoms. The fourth-order valence-electron chi connectivity index (χ4n) is 3.20. The summed E-state index contributed by atoms with van der Waals surface area (Å²) < 4.78 is 28.9. The summed E-state index contributed by atoms with van der Waals surface area (Å²) in [5, 5.41) is 0. The molecule has 0 radical (unpaired) electrons. The van der Waals surface area contributed by atoms with E-state index in [9.17, 15) is 13.2 Å². The Hall–Kier alpha value is -1.99. The number of thioether (sulfide) groups is 1. The number of hydrogen-bond donors (Lipinski definition) is 1. The van der Waals surface area contributed by atoms with E-state index in [1.165, 1.54) is 6.92 Å². The molecular weight excluding hydrogens is 380 g/mol. The molecule has 0 unspecified atom stereocenters. The molecule has 0 atom stereocenters. The minimum absolute atomic E-state index is 0.0833. The number of benzene rings is 2. The second-order valence-electron chi connectivity index (χ2n) is 6.95. The molecule has 0 fully saturated rings. The number of sulfonamides is 1. The van der Waals surface area contributed by atoms with Crippen molar-refractivity contribution in [1.29, 1.82) is 0 Å². The number of nitrogens with one attached hydrogen (secondary N) is 1. The van der Waals surface area contributed by atoms with Crippen molar-refractivity contribution in [3.63, 3.8) is 0 Å². The first-order chi connectivity index (χ1) is 12.7. The van der Waals surface area contributed by atoms with Crippen LogP contribution in [0.15, 0.2) is 46.2 Å². The Kier molecular flexibility index (Phi) is 5.53. The van der Waals surface area contributed by atoms with Crippen LogP contribution in [0.1, 0.15) is 37.8 Å². The number of para-hydroxylation sites is 1. The average Bonchev–Trinajstić information content (AvgIpc) is 2.62. The summed E-state index contributed by atoms with van der Waals surface area (Å²) in [6.45, 7) is 8.05. The van der Waals surface area contributed by atoms with Crippen LogP contribution in [0.4, 0.5) is 11.4 Å². The molecule has 0 saturated heterocycles. The Morgan fingerprint density at radius 3 is 2.63 bits per heavy atom. The van der Waals surface area contributed by atoms with Gasteiger partial charge in [-0.2, -0.15) is 0 Å². The Morgan fingerprint density at radius 2 is 1.96 bits per heavy atom. The number of nitrogens with zero attached hydrogens (tertiary/aromatic N) is 1. The van der Waals surface area contributed by atoms with Crippen LogP contribution < -0.4 is 9.62 Å². The first-order valence-electron chi connectivity index (χ1n) is 8.88. The summed E-state index contributed by atoms with van der Waals surface area (Å²) in [5.74, 6) is 0.911. The zero-order chi connectivity index (χ0) is 19.8. The highest BCUT2D eigenvalue weighted by atomic mass is 32.2. The monoisotopic (exact) mass is 404 g/mol. The molecule has 1 aliphatic rings. The lowest BCUT2D eigenvalue weighted by molar-refractivity contribution is -0.116. The van der Waals surface area contributed by atoms with Crippen LogP contribution in [0.2, 0.25) is 0 Å². The molecule has 144 valence electrons. The van der Waals surface area contributed by atoms with Crippen molar-refractivity contribution in [2.24, 2.45) is 0 Å². The van der Waals surface area contributed by atoms with Crippen LogP contribution in [0.5, 0.6) is 0 Å². The van der Waals surface area contributed by atoms with E-state index in [0.29, 0.717) is 17.9 Å². The SMILES string of the molecule is CC(=O)N1CCSc2ccc(S(=O)(=O)Nc3c(C)cccc3C(C)C)cc21. The van der Waals surface area contributed by atoms with Crippen molar-refractivity contribution in [2.45, 2.75) is 43.4 Å². The number of fused-ring (bicyclic) bond motifs is 1. The number of aryl methyl sites for hydroxylation is 1. The topological polar surface area (TPSA) is 66.5 Å². The van der Waals surface area contributed by atoms with Crippen molar-refractivity contribution in [1.82, 2.24) is 0 Å². The summed E-state index contributed by atoms with van der Waals surface area (Å²) >= 11 is 1.63. The number of amides is 1. The van der Waals surface area contributed by atoms with Gasteiger partial charge in [0, 0.05) is 24.1 Å². The van der Waals surface area contributed by atoms with Crippen molar-refractivity contribution in [3.8, 4) is 0 Å². The third-order valence-corrected chi connectivity index (χ3v) is 7.04. The lowest BCUT2D eigenvalue weighted by Crippen LogP contribution is -2.33. The van der Waals surface area contributed by atoms with E-state index in [-0.39, 0.29) is 16.7 Å². The van der Waals surface area contributed by atoms with Crippen LogP contribution in [0.3, 0.4) is 0 Å². The molecule has 0 spiro atoms. The molecular formula is C20H24N2O3S2. The maximum Gasteiger partial charge on any atom is 0.261 e. The molecule has 5 nitrogen and oxygen atoms in total. The van der Waals surface area contributed by atoms with Gasteiger partial charge in [0.05, 0.1) is 16.3 Å². The molecule has 2 aromatic rings. The third kappa shape index (κ3) is 3.99. The number of carbonyl (C=O) groups excluding carboxylic acids is 1. The summed E-state index contributed by atoms with van der Waals surface area (Å²) in [7, 11) is -3.77. The highest BCUT2D eigenvalue weighted by Crippen LogP contribution is 2.37. The van der Waals surface area contributed by atoms with E-state index in [2.05, 4.69) is 4.72 Å². The van der Waals surface area contributed by atoms with Crippen LogP contribution in [0.25, 0.3) is 0 Å². The van der Waals surface area contributed by atoms with Gasteiger partial charge >= 0.3 is 0 Å². The van der Waals surface area contributed by atoms with E-state index in [1.54, 1.807) is 34.9 Å². The summed E-state index contributed by atoms with van der Waals surface area (Å²) in [6, 6.07) is 10.7. The van der Waals surface area contributed by atoms with Gasteiger partial charge in [0.15, 0.2) is 0 Å². The normalized spacial score (nSPS) is 14.2. The molecule has 1 N–H and O–H groups in total. The van der Waals surface area contributed by atoms with E-state index in [0.717, 1.165) is 21.8 Å². The predicted octanol–water partition coefficient (Wildman–Crippen LogP) is 4.38. The molecule has 0 aliphatic carbocycles. The summed E-state index contributed by atoms with van der Waals surface area (Å²) in [6.07, 6.45) is 0. The Morgan fingerprint density at radius 1 is 1.22 bits per heavy atom. The maximum absolute atomic E-state index is 13.1. The molecule has 1 heterocycles. The Labute approximate surface area is 165 Å². The highest BCUT2D eigenvalue weighted by Gasteiger charge is 2.25. The highest BCUT2D eigenvalue weighted by molar-refractivity contribution is 7.99. The van der Waals surface area contributed by atoms with Gasteiger partial charge in [-0.15, -0.1) is 11.8 Å². The lowest BCUT2D eigenvalue weighted by atomic mass is 9.99. The number of rotatable bonds is 4. The average molecular weight is 405 g/mol. The van der Waals surface area contributed by atoms with Crippen molar-refractivity contribution in [2.75, 3.05) is 21.9 Å². The third-order valence-electron chi connectivity index (χ3n) is 4.65. The molecule has 0 saturated carbocycles.